The zero-order valence-corrected chi connectivity index (χ0v) is 9.87. The van der Waals surface area contributed by atoms with E-state index in [2.05, 4.69) is 10.1 Å². The maximum absolute atomic E-state index is 10.1. The summed E-state index contributed by atoms with van der Waals surface area (Å²) in [6.45, 7) is 0. The molecule has 1 unspecified atom stereocenters. The summed E-state index contributed by atoms with van der Waals surface area (Å²) < 4.78 is 6.82. The standard InChI is InChI=1S/C12H15N3O2/c1-15-7-5-9(14-15)8-11(16)10-4-3-6-13-12(10)17-2/h3-7,11,16H,8H2,1-2H3. The Bertz CT molecular complexity index is 496. The fraction of sp³-hybridized carbons (Fsp3) is 0.333. The van der Waals surface area contributed by atoms with Crippen LogP contribution in [0.4, 0.5) is 0 Å². The van der Waals surface area contributed by atoms with E-state index in [4.69, 9.17) is 4.74 Å². The van der Waals surface area contributed by atoms with Crippen LogP contribution in [-0.4, -0.2) is 27.0 Å². The number of hydrogen-bond donors (Lipinski definition) is 1. The Morgan fingerprint density at radius 1 is 1.47 bits per heavy atom. The molecule has 2 rings (SSSR count). The normalized spacial score (nSPS) is 12.4. The van der Waals surface area contributed by atoms with E-state index in [0.717, 1.165) is 5.69 Å². The van der Waals surface area contributed by atoms with Crippen LogP contribution in [0.1, 0.15) is 17.4 Å². The van der Waals surface area contributed by atoms with Crippen LogP contribution in [0.15, 0.2) is 30.6 Å². The molecular formula is C12H15N3O2. The topological polar surface area (TPSA) is 60.2 Å². The van der Waals surface area contributed by atoms with Crippen molar-refractivity contribution in [3.05, 3.63) is 41.9 Å². The summed E-state index contributed by atoms with van der Waals surface area (Å²) in [5.41, 5.74) is 1.52. The fourth-order valence-electron chi connectivity index (χ4n) is 1.71. The van der Waals surface area contributed by atoms with Gasteiger partial charge in [-0.1, -0.05) is 0 Å². The van der Waals surface area contributed by atoms with Gasteiger partial charge >= 0.3 is 0 Å². The highest BCUT2D eigenvalue weighted by Crippen LogP contribution is 2.24. The van der Waals surface area contributed by atoms with Crippen LogP contribution in [0.5, 0.6) is 5.88 Å². The second-order valence-corrected chi connectivity index (χ2v) is 3.80. The molecule has 0 aromatic carbocycles. The minimum absolute atomic E-state index is 0.447. The minimum Gasteiger partial charge on any atom is -0.481 e. The number of nitrogens with zero attached hydrogens (tertiary/aromatic N) is 3. The van der Waals surface area contributed by atoms with Gasteiger partial charge in [-0.15, -0.1) is 0 Å². The first-order valence-corrected chi connectivity index (χ1v) is 5.36. The monoisotopic (exact) mass is 233 g/mol. The maximum atomic E-state index is 10.1. The molecule has 0 bridgehead atoms. The minimum atomic E-state index is -0.659. The first kappa shape index (κ1) is 11.6. The van der Waals surface area contributed by atoms with Gasteiger partial charge in [-0.25, -0.2) is 4.98 Å². The number of rotatable bonds is 4. The average Bonchev–Trinajstić information content (AvgIpc) is 2.74. The molecule has 0 saturated carbocycles. The first-order chi connectivity index (χ1) is 8.20. The molecule has 0 aliphatic heterocycles. The van der Waals surface area contributed by atoms with Gasteiger partial charge in [-0.2, -0.15) is 5.10 Å². The molecule has 0 radical (unpaired) electrons. The molecule has 2 heterocycles. The maximum Gasteiger partial charge on any atom is 0.218 e. The molecule has 5 heteroatoms. The zero-order chi connectivity index (χ0) is 12.3. The van der Waals surface area contributed by atoms with E-state index >= 15 is 0 Å². The molecular weight excluding hydrogens is 218 g/mol. The molecule has 1 N–H and O–H groups in total. The highest BCUT2D eigenvalue weighted by molar-refractivity contribution is 5.28. The summed E-state index contributed by atoms with van der Waals surface area (Å²) in [6.07, 6.45) is 3.27. The van der Waals surface area contributed by atoms with Crippen LogP contribution >= 0.6 is 0 Å². The van der Waals surface area contributed by atoms with Crippen molar-refractivity contribution >= 4 is 0 Å². The fourth-order valence-corrected chi connectivity index (χ4v) is 1.71. The number of pyridine rings is 1. The number of ether oxygens (including phenoxy) is 1. The average molecular weight is 233 g/mol. The smallest absolute Gasteiger partial charge is 0.218 e. The number of aliphatic hydroxyl groups is 1. The number of aliphatic hydroxyl groups excluding tert-OH is 1. The Morgan fingerprint density at radius 3 is 2.94 bits per heavy atom. The van der Waals surface area contributed by atoms with E-state index in [1.54, 1.807) is 30.1 Å². The van der Waals surface area contributed by atoms with Crippen LogP contribution < -0.4 is 4.74 Å². The van der Waals surface area contributed by atoms with Crippen LogP contribution in [0.25, 0.3) is 0 Å². The van der Waals surface area contributed by atoms with Gasteiger partial charge in [0, 0.05) is 31.4 Å². The summed E-state index contributed by atoms with van der Waals surface area (Å²) in [4.78, 5) is 4.06. The lowest BCUT2D eigenvalue weighted by Crippen LogP contribution is -2.06. The lowest BCUT2D eigenvalue weighted by molar-refractivity contribution is 0.171. The van der Waals surface area contributed by atoms with Crippen molar-refractivity contribution in [1.29, 1.82) is 0 Å². The third kappa shape index (κ3) is 2.62. The quantitative estimate of drug-likeness (QED) is 0.859. The number of hydrogen-bond acceptors (Lipinski definition) is 4. The predicted molar refractivity (Wildman–Crippen MR) is 62.7 cm³/mol. The third-order valence-electron chi connectivity index (χ3n) is 2.52. The summed E-state index contributed by atoms with van der Waals surface area (Å²) in [7, 11) is 3.39. The molecule has 90 valence electrons. The van der Waals surface area contributed by atoms with E-state index in [-0.39, 0.29) is 0 Å². The Morgan fingerprint density at radius 2 is 2.29 bits per heavy atom. The summed E-state index contributed by atoms with van der Waals surface area (Å²) in [6, 6.07) is 5.46. The van der Waals surface area contributed by atoms with Crippen LogP contribution in [-0.2, 0) is 13.5 Å². The van der Waals surface area contributed by atoms with Crippen molar-refractivity contribution in [2.24, 2.45) is 7.05 Å². The Hall–Kier alpha value is -1.88. The van der Waals surface area contributed by atoms with Crippen molar-refractivity contribution < 1.29 is 9.84 Å². The van der Waals surface area contributed by atoms with E-state index in [1.165, 1.54) is 0 Å². The van der Waals surface area contributed by atoms with E-state index in [0.29, 0.717) is 17.9 Å². The number of aryl methyl sites for hydroxylation is 1. The van der Waals surface area contributed by atoms with E-state index in [9.17, 15) is 5.11 Å². The third-order valence-corrected chi connectivity index (χ3v) is 2.52. The molecule has 5 nitrogen and oxygen atoms in total. The van der Waals surface area contributed by atoms with Crippen LogP contribution in [0.2, 0.25) is 0 Å². The molecule has 0 amide bonds. The van der Waals surface area contributed by atoms with Gasteiger partial charge in [0.1, 0.15) is 0 Å². The zero-order valence-electron chi connectivity index (χ0n) is 9.87. The van der Waals surface area contributed by atoms with E-state index < -0.39 is 6.10 Å². The molecule has 0 fully saturated rings. The highest BCUT2D eigenvalue weighted by atomic mass is 16.5. The SMILES string of the molecule is COc1ncccc1C(O)Cc1ccn(C)n1. The van der Waals surface area contributed by atoms with Gasteiger partial charge in [0.15, 0.2) is 0 Å². The summed E-state index contributed by atoms with van der Waals surface area (Å²) in [5, 5.41) is 14.4. The van der Waals surface area contributed by atoms with Gasteiger partial charge in [-0.3, -0.25) is 4.68 Å². The molecule has 2 aromatic rings. The van der Waals surface area contributed by atoms with Gasteiger partial charge in [0.05, 0.1) is 18.9 Å². The van der Waals surface area contributed by atoms with Crippen LogP contribution in [0.3, 0.4) is 0 Å². The molecule has 2 aromatic heterocycles. The van der Waals surface area contributed by atoms with Crippen LogP contribution in [0, 0.1) is 0 Å². The largest absolute Gasteiger partial charge is 0.481 e. The molecule has 17 heavy (non-hydrogen) atoms. The predicted octanol–water partition coefficient (Wildman–Crippen LogP) is 1.10. The lowest BCUT2D eigenvalue weighted by atomic mass is 10.1. The summed E-state index contributed by atoms with van der Waals surface area (Å²) in [5.74, 6) is 0.455. The molecule has 0 spiro atoms. The van der Waals surface area contributed by atoms with Crippen molar-refractivity contribution in [1.82, 2.24) is 14.8 Å². The van der Waals surface area contributed by atoms with Crippen molar-refractivity contribution in [2.75, 3.05) is 7.11 Å². The number of aromatic nitrogens is 3. The van der Waals surface area contributed by atoms with Crippen molar-refractivity contribution in [2.45, 2.75) is 12.5 Å². The van der Waals surface area contributed by atoms with Crippen molar-refractivity contribution in [3.63, 3.8) is 0 Å². The Kier molecular flexibility index (Phi) is 3.39. The lowest BCUT2D eigenvalue weighted by Gasteiger charge is -2.12. The highest BCUT2D eigenvalue weighted by Gasteiger charge is 2.15. The number of methoxy groups -OCH3 is 1. The molecule has 0 saturated heterocycles. The first-order valence-electron chi connectivity index (χ1n) is 5.36. The Labute approximate surface area is 99.7 Å². The second kappa shape index (κ2) is 4.97. The van der Waals surface area contributed by atoms with E-state index in [1.807, 2.05) is 19.3 Å². The molecule has 0 aliphatic carbocycles. The van der Waals surface area contributed by atoms with Gasteiger partial charge in [0.2, 0.25) is 5.88 Å². The molecule has 0 aliphatic rings. The second-order valence-electron chi connectivity index (χ2n) is 3.80. The van der Waals surface area contributed by atoms with Crippen molar-refractivity contribution in [3.8, 4) is 5.88 Å². The molecule has 1 atom stereocenters. The van der Waals surface area contributed by atoms with Gasteiger partial charge in [-0.05, 0) is 18.2 Å². The van der Waals surface area contributed by atoms with Gasteiger partial charge < -0.3 is 9.84 Å². The van der Waals surface area contributed by atoms with Gasteiger partial charge in [0.25, 0.3) is 0 Å². The summed E-state index contributed by atoms with van der Waals surface area (Å²) >= 11 is 0. The Balaban J connectivity index is 2.16.